The standard InChI is InChI=1S/C20H22ClN3O4/c1-28-20(27)19(15-6-2-3-7-16(15)21)23-12-10-22(11-13-23)18(26)14-24-9-5-4-8-17(24)25/h2-9,19H,10-14H2,1H3. The summed E-state index contributed by atoms with van der Waals surface area (Å²) in [6.07, 6.45) is 1.60. The van der Waals surface area contributed by atoms with Gasteiger partial charge in [-0.2, -0.15) is 0 Å². The molecule has 3 rings (SSSR count). The summed E-state index contributed by atoms with van der Waals surface area (Å²) in [5.41, 5.74) is 0.477. The molecule has 0 bridgehead atoms. The predicted molar refractivity (Wildman–Crippen MR) is 105 cm³/mol. The molecule has 1 amide bonds. The monoisotopic (exact) mass is 403 g/mol. The molecule has 1 aliphatic heterocycles. The van der Waals surface area contributed by atoms with E-state index in [1.807, 2.05) is 23.1 Å². The van der Waals surface area contributed by atoms with Crippen LogP contribution in [0.2, 0.25) is 5.02 Å². The molecule has 1 fully saturated rings. The first-order valence-electron chi connectivity index (χ1n) is 9.01. The Bertz CT molecular complexity index is 906. The summed E-state index contributed by atoms with van der Waals surface area (Å²) >= 11 is 6.29. The number of halogens is 1. The average molecular weight is 404 g/mol. The first-order valence-corrected chi connectivity index (χ1v) is 9.38. The lowest BCUT2D eigenvalue weighted by molar-refractivity contribution is -0.148. The van der Waals surface area contributed by atoms with Gasteiger partial charge in [-0.3, -0.25) is 14.5 Å². The smallest absolute Gasteiger partial charge is 0.327 e. The molecule has 2 aromatic rings. The van der Waals surface area contributed by atoms with Crippen molar-refractivity contribution in [2.45, 2.75) is 12.6 Å². The van der Waals surface area contributed by atoms with Gasteiger partial charge in [0.25, 0.3) is 5.56 Å². The number of methoxy groups -OCH3 is 1. The van der Waals surface area contributed by atoms with Crippen LogP contribution in [0.3, 0.4) is 0 Å². The van der Waals surface area contributed by atoms with Crippen LogP contribution < -0.4 is 5.56 Å². The van der Waals surface area contributed by atoms with E-state index in [1.165, 1.54) is 17.7 Å². The number of ether oxygens (including phenoxy) is 1. The fraction of sp³-hybridized carbons (Fsp3) is 0.350. The van der Waals surface area contributed by atoms with E-state index in [9.17, 15) is 14.4 Å². The van der Waals surface area contributed by atoms with Gasteiger partial charge in [-0.05, 0) is 17.7 Å². The largest absolute Gasteiger partial charge is 0.468 e. The maximum absolute atomic E-state index is 12.5. The molecule has 1 saturated heterocycles. The molecule has 1 aliphatic rings. The molecule has 8 heteroatoms. The van der Waals surface area contributed by atoms with E-state index >= 15 is 0 Å². The Labute approximate surface area is 168 Å². The Kier molecular flexibility index (Phi) is 6.49. The lowest BCUT2D eigenvalue weighted by atomic mass is 10.0. The number of piperazine rings is 1. The first kappa shape index (κ1) is 20.1. The molecule has 0 aliphatic carbocycles. The molecule has 1 atom stereocenters. The Morgan fingerprint density at radius 2 is 1.75 bits per heavy atom. The molecular weight excluding hydrogens is 382 g/mol. The molecule has 0 radical (unpaired) electrons. The summed E-state index contributed by atoms with van der Waals surface area (Å²) in [7, 11) is 1.35. The highest BCUT2D eigenvalue weighted by atomic mass is 35.5. The highest BCUT2D eigenvalue weighted by Gasteiger charge is 2.33. The van der Waals surface area contributed by atoms with Gasteiger partial charge in [-0.1, -0.05) is 35.9 Å². The van der Waals surface area contributed by atoms with Crippen molar-refractivity contribution in [2.75, 3.05) is 33.3 Å². The van der Waals surface area contributed by atoms with Gasteiger partial charge in [0.2, 0.25) is 5.91 Å². The molecule has 7 nitrogen and oxygen atoms in total. The molecule has 1 unspecified atom stereocenters. The van der Waals surface area contributed by atoms with E-state index in [-0.39, 0.29) is 24.0 Å². The molecule has 1 aromatic carbocycles. The van der Waals surface area contributed by atoms with Crippen molar-refractivity contribution in [3.05, 3.63) is 69.6 Å². The van der Waals surface area contributed by atoms with Crippen LogP contribution in [0.15, 0.2) is 53.5 Å². The Balaban J connectivity index is 1.68. The number of pyridine rings is 1. The molecule has 0 spiro atoms. The van der Waals surface area contributed by atoms with Crippen LogP contribution in [0.4, 0.5) is 0 Å². The quantitative estimate of drug-likeness (QED) is 0.708. The zero-order valence-corrected chi connectivity index (χ0v) is 16.3. The fourth-order valence-electron chi connectivity index (χ4n) is 3.35. The molecule has 1 aromatic heterocycles. The second-order valence-electron chi connectivity index (χ2n) is 6.53. The van der Waals surface area contributed by atoms with Gasteiger partial charge in [0, 0.05) is 43.5 Å². The predicted octanol–water partition coefficient (Wildman–Crippen LogP) is 1.56. The SMILES string of the molecule is COC(=O)C(c1ccccc1Cl)N1CCN(C(=O)Cn2ccccc2=O)CC1. The number of hydrogen-bond acceptors (Lipinski definition) is 5. The van der Waals surface area contributed by atoms with Crippen LogP contribution in [-0.2, 0) is 20.9 Å². The van der Waals surface area contributed by atoms with E-state index in [0.29, 0.717) is 36.8 Å². The van der Waals surface area contributed by atoms with Crippen molar-refractivity contribution in [2.24, 2.45) is 0 Å². The van der Waals surface area contributed by atoms with Crippen LogP contribution in [0.25, 0.3) is 0 Å². The van der Waals surface area contributed by atoms with Gasteiger partial charge in [-0.15, -0.1) is 0 Å². The number of carbonyl (C=O) groups is 2. The van der Waals surface area contributed by atoms with Gasteiger partial charge in [0.05, 0.1) is 7.11 Å². The third kappa shape index (κ3) is 4.43. The molecule has 0 saturated carbocycles. The molecular formula is C20H22ClN3O4. The Morgan fingerprint density at radius 3 is 2.39 bits per heavy atom. The Hall–Kier alpha value is -2.64. The fourth-order valence-corrected chi connectivity index (χ4v) is 3.59. The topological polar surface area (TPSA) is 71.8 Å². The summed E-state index contributed by atoms with van der Waals surface area (Å²) in [4.78, 5) is 40.4. The molecule has 2 heterocycles. The number of benzene rings is 1. The lowest BCUT2D eigenvalue weighted by Crippen LogP contribution is -2.52. The van der Waals surface area contributed by atoms with Gasteiger partial charge in [0.1, 0.15) is 12.6 Å². The van der Waals surface area contributed by atoms with E-state index in [4.69, 9.17) is 16.3 Å². The van der Waals surface area contributed by atoms with Gasteiger partial charge in [0.15, 0.2) is 0 Å². The van der Waals surface area contributed by atoms with E-state index < -0.39 is 6.04 Å². The average Bonchev–Trinajstić information content (AvgIpc) is 2.71. The van der Waals surface area contributed by atoms with E-state index in [2.05, 4.69) is 0 Å². The third-order valence-corrected chi connectivity index (χ3v) is 5.21. The number of aromatic nitrogens is 1. The maximum atomic E-state index is 12.5. The zero-order chi connectivity index (χ0) is 20.1. The second-order valence-corrected chi connectivity index (χ2v) is 6.94. The van der Waals surface area contributed by atoms with E-state index in [1.54, 1.807) is 29.3 Å². The van der Waals surface area contributed by atoms with Crippen LogP contribution in [0.1, 0.15) is 11.6 Å². The van der Waals surface area contributed by atoms with E-state index in [0.717, 1.165) is 0 Å². The lowest BCUT2D eigenvalue weighted by Gasteiger charge is -2.38. The minimum atomic E-state index is -0.618. The molecule has 148 valence electrons. The highest BCUT2D eigenvalue weighted by molar-refractivity contribution is 6.31. The summed E-state index contributed by atoms with van der Waals surface area (Å²) in [5, 5.41) is 0.500. The van der Waals surface area contributed by atoms with Gasteiger partial charge < -0.3 is 14.2 Å². The van der Waals surface area contributed by atoms with Crippen molar-refractivity contribution in [1.29, 1.82) is 0 Å². The number of hydrogen-bond donors (Lipinski definition) is 0. The number of nitrogens with zero attached hydrogens (tertiary/aromatic N) is 3. The zero-order valence-electron chi connectivity index (χ0n) is 15.6. The third-order valence-electron chi connectivity index (χ3n) is 4.86. The summed E-state index contributed by atoms with van der Waals surface area (Å²) in [6, 6.07) is 11.4. The van der Waals surface area contributed by atoms with Crippen LogP contribution in [0, 0.1) is 0 Å². The summed E-state index contributed by atoms with van der Waals surface area (Å²) in [5.74, 6) is -0.510. The number of amides is 1. The molecule has 0 N–H and O–H groups in total. The van der Waals surface area contributed by atoms with Crippen LogP contribution in [-0.4, -0.2) is 59.5 Å². The number of carbonyl (C=O) groups excluding carboxylic acids is 2. The van der Waals surface area contributed by atoms with Crippen molar-refractivity contribution in [3.63, 3.8) is 0 Å². The van der Waals surface area contributed by atoms with Crippen LogP contribution in [0.5, 0.6) is 0 Å². The minimum absolute atomic E-state index is 0.00458. The summed E-state index contributed by atoms with van der Waals surface area (Å²) in [6.45, 7) is 1.92. The summed E-state index contributed by atoms with van der Waals surface area (Å²) < 4.78 is 6.37. The normalized spacial score (nSPS) is 15.9. The first-order chi connectivity index (χ1) is 13.5. The van der Waals surface area contributed by atoms with Crippen molar-refractivity contribution in [3.8, 4) is 0 Å². The molecule has 28 heavy (non-hydrogen) atoms. The Morgan fingerprint density at radius 1 is 1.07 bits per heavy atom. The highest BCUT2D eigenvalue weighted by Crippen LogP contribution is 2.29. The van der Waals surface area contributed by atoms with Crippen molar-refractivity contribution < 1.29 is 14.3 Å². The van der Waals surface area contributed by atoms with Gasteiger partial charge >= 0.3 is 5.97 Å². The number of esters is 1. The van der Waals surface area contributed by atoms with Crippen molar-refractivity contribution in [1.82, 2.24) is 14.4 Å². The maximum Gasteiger partial charge on any atom is 0.327 e. The minimum Gasteiger partial charge on any atom is -0.468 e. The van der Waals surface area contributed by atoms with Crippen molar-refractivity contribution >= 4 is 23.5 Å². The van der Waals surface area contributed by atoms with Gasteiger partial charge in [-0.25, -0.2) is 4.79 Å². The second kappa shape index (κ2) is 9.03. The number of rotatable bonds is 5. The van der Waals surface area contributed by atoms with Crippen LogP contribution >= 0.6 is 11.6 Å².